The van der Waals surface area contributed by atoms with Gasteiger partial charge >= 0.3 is 0 Å². The van der Waals surface area contributed by atoms with Crippen molar-refractivity contribution in [1.82, 2.24) is 9.78 Å². The summed E-state index contributed by atoms with van der Waals surface area (Å²) in [6, 6.07) is 0. The zero-order chi connectivity index (χ0) is 7.14. The van der Waals surface area contributed by atoms with Gasteiger partial charge in [-0.05, 0) is 19.8 Å². The van der Waals surface area contributed by atoms with Crippen molar-refractivity contribution in [3.8, 4) is 0 Å². The molecule has 2 nitrogen and oxygen atoms in total. The predicted octanol–water partition coefficient (Wildman–Crippen LogP) is 1.41. The molecule has 0 atom stereocenters. The number of nitrogens with zero attached hydrogens (tertiary/aromatic N) is 2. The smallest absolute Gasteiger partial charge is 0.116 e. The van der Waals surface area contributed by atoms with Crippen molar-refractivity contribution in [2.45, 2.75) is 25.7 Å². The maximum absolute atomic E-state index is 4.07. The highest BCUT2D eigenvalue weighted by Gasteiger charge is 2.27. The second kappa shape index (κ2) is 1.84. The number of aromatic nitrogens is 2. The van der Waals surface area contributed by atoms with Gasteiger partial charge in [0.2, 0.25) is 0 Å². The molecular weight excluding hydrogens is 124 g/mol. The molecule has 10 heavy (non-hydrogen) atoms. The molecule has 1 radical (unpaired) electrons. The van der Waals surface area contributed by atoms with Gasteiger partial charge in [0.1, 0.15) is 6.20 Å². The van der Waals surface area contributed by atoms with E-state index >= 15 is 0 Å². The van der Waals surface area contributed by atoms with Gasteiger partial charge in [-0.15, -0.1) is 0 Å². The summed E-state index contributed by atoms with van der Waals surface area (Å²) in [5.74, 6) is 0.795. The highest BCUT2D eigenvalue weighted by atomic mass is 15.3. The van der Waals surface area contributed by atoms with Crippen LogP contribution in [0.25, 0.3) is 0 Å². The van der Waals surface area contributed by atoms with E-state index in [1.165, 1.54) is 24.1 Å². The molecule has 1 aliphatic carbocycles. The molecule has 0 aromatic carbocycles. The molecule has 1 aromatic rings. The van der Waals surface area contributed by atoms with Crippen molar-refractivity contribution in [3.05, 3.63) is 17.5 Å². The van der Waals surface area contributed by atoms with Gasteiger partial charge in [0.15, 0.2) is 0 Å². The van der Waals surface area contributed by atoms with Gasteiger partial charge < -0.3 is 0 Å². The van der Waals surface area contributed by atoms with Gasteiger partial charge in [-0.3, -0.25) is 4.68 Å². The van der Waals surface area contributed by atoms with Crippen LogP contribution in [0.2, 0.25) is 0 Å². The monoisotopic (exact) mass is 135 g/mol. The lowest BCUT2D eigenvalue weighted by Crippen LogP contribution is -1.96. The summed E-state index contributed by atoms with van der Waals surface area (Å²) < 4.78 is 1.95. The standard InChI is InChI=1S/C8H11N2/c1-6-5-9-10(2)8(6)7-3-4-7/h7H,3-4H2,1-2H3. The summed E-state index contributed by atoms with van der Waals surface area (Å²) in [4.78, 5) is 0. The van der Waals surface area contributed by atoms with E-state index in [1.54, 1.807) is 0 Å². The second-order valence-electron chi connectivity index (χ2n) is 3.02. The first-order chi connectivity index (χ1) is 4.79. The lowest BCUT2D eigenvalue weighted by Gasteiger charge is -1.98. The van der Waals surface area contributed by atoms with Gasteiger partial charge in [-0.2, -0.15) is 5.10 Å². The predicted molar refractivity (Wildman–Crippen MR) is 38.8 cm³/mol. The maximum atomic E-state index is 4.07. The molecule has 1 aromatic heterocycles. The summed E-state index contributed by atoms with van der Waals surface area (Å²) in [6.07, 6.45) is 5.65. The fourth-order valence-electron chi connectivity index (χ4n) is 1.43. The van der Waals surface area contributed by atoms with Crippen LogP contribution in [0.4, 0.5) is 0 Å². The van der Waals surface area contributed by atoms with Crippen molar-refractivity contribution in [2.24, 2.45) is 7.05 Å². The summed E-state index contributed by atoms with van der Waals surface area (Å²) in [5.41, 5.74) is 2.62. The summed E-state index contributed by atoms with van der Waals surface area (Å²) in [7, 11) is 2.00. The Labute approximate surface area is 60.9 Å². The van der Waals surface area contributed by atoms with E-state index in [1.807, 2.05) is 11.7 Å². The molecule has 0 saturated heterocycles. The van der Waals surface area contributed by atoms with E-state index in [4.69, 9.17) is 0 Å². The fraction of sp³-hybridized carbons (Fsp3) is 0.625. The van der Waals surface area contributed by atoms with E-state index in [9.17, 15) is 0 Å². The number of rotatable bonds is 1. The van der Waals surface area contributed by atoms with E-state index in [-0.39, 0.29) is 0 Å². The third-order valence-electron chi connectivity index (χ3n) is 2.06. The molecule has 0 spiro atoms. The maximum Gasteiger partial charge on any atom is 0.116 e. The van der Waals surface area contributed by atoms with Crippen LogP contribution in [0.1, 0.15) is 30.0 Å². The van der Waals surface area contributed by atoms with Crippen LogP contribution in [0.5, 0.6) is 0 Å². The van der Waals surface area contributed by atoms with E-state index in [2.05, 4.69) is 18.2 Å². The number of hydrogen-bond acceptors (Lipinski definition) is 1. The Morgan fingerprint density at radius 3 is 2.70 bits per heavy atom. The SMILES string of the molecule is Cc1[c]nn(C)c1C1CC1. The number of hydrogen-bond donors (Lipinski definition) is 0. The third-order valence-corrected chi connectivity index (χ3v) is 2.06. The van der Waals surface area contributed by atoms with Crippen LogP contribution in [-0.4, -0.2) is 9.78 Å². The quantitative estimate of drug-likeness (QED) is 0.569. The molecule has 1 heterocycles. The summed E-state index contributed by atoms with van der Waals surface area (Å²) in [5, 5.41) is 4.07. The first kappa shape index (κ1) is 5.96. The normalized spacial score (nSPS) is 17.8. The Morgan fingerprint density at radius 1 is 1.60 bits per heavy atom. The van der Waals surface area contributed by atoms with Gasteiger partial charge in [-0.1, -0.05) is 0 Å². The first-order valence-corrected chi connectivity index (χ1v) is 3.70. The average Bonchev–Trinajstić information content (AvgIpc) is 2.64. The molecular formula is C8H11N2. The third kappa shape index (κ3) is 0.753. The zero-order valence-electron chi connectivity index (χ0n) is 6.39. The highest BCUT2D eigenvalue weighted by Crippen LogP contribution is 2.40. The van der Waals surface area contributed by atoms with Gasteiger partial charge in [0.25, 0.3) is 0 Å². The van der Waals surface area contributed by atoms with Crippen molar-refractivity contribution >= 4 is 0 Å². The van der Waals surface area contributed by atoms with Crippen LogP contribution in [0.3, 0.4) is 0 Å². The fourth-order valence-corrected chi connectivity index (χ4v) is 1.43. The van der Waals surface area contributed by atoms with Crippen molar-refractivity contribution in [1.29, 1.82) is 0 Å². The summed E-state index contributed by atoms with van der Waals surface area (Å²) >= 11 is 0. The lowest BCUT2D eigenvalue weighted by atomic mass is 10.2. The van der Waals surface area contributed by atoms with Gasteiger partial charge in [0.05, 0.1) is 0 Å². The zero-order valence-corrected chi connectivity index (χ0v) is 6.39. The van der Waals surface area contributed by atoms with Crippen molar-refractivity contribution in [3.63, 3.8) is 0 Å². The molecule has 0 unspecified atom stereocenters. The summed E-state index contributed by atoms with van der Waals surface area (Å²) in [6.45, 7) is 2.08. The molecule has 1 aliphatic rings. The molecule has 0 amide bonds. The van der Waals surface area contributed by atoms with Crippen molar-refractivity contribution < 1.29 is 0 Å². The Hall–Kier alpha value is -0.790. The van der Waals surface area contributed by atoms with Gasteiger partial charge in [0, 0.05) is 24.2 Å². The molecule has 2 rings (SSSR count). The minimum atomic E-state index is 0.795. The van der Waals surface area contributed by atoms with Crippen LogP contribution >= 0.6 is 0 Å². The molecule has 53 valence electrons. The highest BCUT2D eigenvalue weighted by molar-refractivity contribution is 5.22. The van der Waals surface area contributed by atoms with Crippen LogP contribution in [0.15, 0.2) is 0 Å². The average molecular weight is 135 g/mol. The molecule has 0 aliphatic heterocycles. The van der Waals surface area contributed by atoms with Crippen LogP contribution in [-0.2, 0) is 7.05 Å². The Bertz CT molecular complexity index is 226. The van der Waals surface area contributed by atoms with Crippen molar-refractivity contribution in [2.75, 3.05) is 0 Å². The van der Waals surface area contributed by atoms with Crippen LogP contribution in [0, 0.1) is 13.1 Å². The van der Waals surface area contributed by atoms with E-state index < -0.39 is 0 Å². The number of aryl methyl sites for hydroxylation is 2. The lowest BCUT2D eigenvalue weighted by molar-refractivity contribution is 0.710. The Kier molecular flexibility index (Phi) is 1.10. The Balaban J connectivity index is 2.44. The second-order valence-corrected chi connectivity index (χ2v) is 3.02. The Morgan fingerprint density at radius 2 is 2.30 bits per heavy atom. The minimum absolute atomic E-state index is 0.795. The minimum Gasteiger partial charge on any atom is -0.271 e. The topological polar surface area (TPSA) is 17.8 Å². The van der Waals surface area contributed by atoms with E-state index in [0.29, 0.717) is 0 Å². The molecule has 2 heteroatoms. The largest absolute Gasteiger partial charge is 0.271 e. The molecule has 0 N–H and O–H groups in total. The molecule has 1 saturated carbocycles. The molecule has 0 bridgehead atoms. The van der Waals surface area contributed by atoms with Gasteiger partial charge in [-0.25, -0.2) is 0 Å². The molecule has 1 fully saturated rings. The van der Waals surface area contributed by atoms with Crippen LogP contribution < -0.4 is 0 Å². The van der Waals surface area contributed by atoms with E-state index in [0.717, 1.165) is 5.92 Å². The first-order valence-electron chi connectivity index (χ1n) is 3.70.